The van der Waals surface area contributed by atoms with E-state index in [4.69, 9.17) is 5.73 Å². The van der Waals surface area contributed by atoms with Gasteiger partial charge in [-0.15, -0.1) is 11.3 Å². The maximum atomic E-state index is 5.89. The average molecular weight is 392 g/mol. The molecule has 28 heavy (non-hydrogen) atoms. The summed E-state index contributed by atoms with van der Waals surface area (Å²) in [6.07, 6.45) is 0. The van der Waals surface area contributed by atoms with Crippen LogP contribution in [0.15, 0.2) is 48.5 Å². The molecular weight excluding hydrogens is 370 g/mol. The first-order valence-electron chi connectivity index (χ1n) is 8.92. The van der Waals surface area contributed by atoms with Crippen molar-refractivity contribution in [1.29, 1.82) is 0 Å². The van der Waals surface area contributed by atoms with Gasteiger partial charge in [-0.3, -0.25) is 4.90 Å². The Morgan fingerprint density at radius 1 is 0.964 bits per heavy atom. The van der Waals surface area contributed by atoms with Crippen LogP contribution in [0.25, 0.3) is 10.2 Å². The molecule has 0 aliphatic carbocycles. The molecule has 0 aliphatic heterocycles. The van der Waals surface area contributed by atoms with E-state index in [-0.39, 0.29) is 5.95 Å². The number of aromatic nitrogens is 4. The van der Waals surface area contributed by atoms with Gasteiger partial charge in [-0.25, -0.2) is 4.98 Å². The molecule has 0 unspecified atom stereocenters. The van der Waals surface area contributed by atoms with Gasteiger partial charge in [0.15, 0.2) is 0 Å². The highest BCUT2D eigenvalue weighted by Gasteiger charge is 2.11. The van der Waals surface area contributed by atoms with Crippen molar-refractivity contribution in [1.82, 2.24) is 24.8 Å². The first-order chi connectivity index (χ1) is 13.5. The first-order valence-corrected chi connectivity index (χ1v) is 9.74. The third kappa shape index (κ3) is 4.41. The lowest BCUT2D eigenvalue weighted by atomic mass is 10.2. The minimum Gasteiger partial charge on any atom is -0.368 e. The van der Waals surface area contributed by atoms with Crippen LogP contribution in [0.2, 0.25) is 0 Å². The van der Waals surface area contributed by atoms with Crippen molar-refractivity contribution in [2.45, 2.75) is 20.0 Å². The molecule has 3 N–H and O–H groups in total. The molecule has 142 valence electrons. The van der Waals surface area contributed by atoms with Gasteiger partial charge in [-0.05, 0) is 38.2 Å². The molecule has 0 aliphatic rings. The number of para-hydroxylation sites is 1. The van der Waals surface area contributed by atoms with Crippen LogP contribution in [0.1, 0.15) is 16.4 Å². The smallest absolute Gasteiger partial charge is 0.232 e. The van der Waals surface area contributed by atoms with Crippen molar-refractivity contribution in [3.63, 3.8) is 0 Å². The van der Waals surface area contributed by atoms with E-state index in [1.54, 1.807) is 11.3 Å². The predicted octanol–water partition coefficient (Wildman–Crippen LogP) is 3.75. The minimum atomic E-state index is 0.202. The standard InChI is InChI=1S/C20H21N7S/c1-13-7-9-14(10-8-13)22-20-25-17(24-19(21)26-20)11-27(2)12-18-23-15-5-3-4-6-16(15)28-18/h3-10H,11-12H2,1-2H3,(H3,21,22,24,25,26). The van der Waals surface area contributed by atoms with Crippen LogP contribution in [0, 0.1) is 6.92 Å². The molecule has 0 fully saturated rings. The number of fused-ring (bicyclic) bond motifs is 1. The summed E-state index contributed by atoms with van der Waals surface area (Å²) < 4.78 is 1.19. The zero-order chi connectivity index (χ0) is 19.5. The van der Waals surface area contributed by atoms with Crippen LogP contribution < -0.4 is 11.1 Å². The van der Waals surface area contributed by atoms with E-state index in [2.05, 4.69) is 36.2 Å². The Kier molecular flexibility index (Phi) is 5.14. The SMILES string of the molecule is Cc1ccc(Nc2nc(N)nc(CN(C)Cc3nc4ccccc4s3)n2)cc1. The first kappa shape index (κ1) is 18.3. The fourth-order valence-corrected chi connectivity index (χ4v) is 3.89. The van der Waals surface area contributed by atoms with Crippen LogP contribution in [0.3, 0.4) is 0 Å². The Balaban J connectivity index is 1.46. The van der Waals surface area contributed by atoms with E-state index < -0.39 is 0 Å². The molecule has 0 atom stereocenters. The third-order valence-corrected chi connectivity index (χ3v) is 5.18. The van der Waals surface area contributed by atoms with Crippen LogP contribution in [0.4, 0.5) is 17.6 Å². The third-order valence-electron chi connectivity index (χ3n) is 4.16. The van der Waals surface area contributed by atoms with Crippen LogP contribution in [-0.4, -0.2) is 31.9 Å². The molecule has 2 heterocycles. The lowest BCUT2D eigenvalue weighted by molar-refractivity contribution is 0.310. The zero-order valence-electron chi connectivity index (χ0n) is 15.8. The number of rotatable bonds is 6. The van der Waals surface area contributed by atoms with Crippen molar-refractivity contribution < 1.29 is 0 Å². The lowest BCUT2D eigenvalue weighted by Crippen LogP contribution is -2.20. The summed E-state index contributed by atoms with van der Waals surface area (Å²) in [5, 5.41) is 4.24. The van der Waals surface area contributed by atoms with Crippen LogP contribution >= 0.6 is 11.3 Å². The summed E-state index contributed by atoms with van der Waals surface area (Å²) >= 11 is 1.70. The lowest BCUT2D eigenvalue weighted by Gasteiger charge is -2.14. The topological polar surface area (TPSA) is 92.8 Å². The predicted molar refractivity (Wildman–Crippen MR) is 113 cm³/mol. The van der Waals surface area contributed by atoms with E-state index in [0.717, 1.165) is 16.2 Å². The van der Waals surface area contributed by atoms with Crippen LogP contribution in [0.5, 0.6) is 0 Å². The maximum Gasteiger partial charge on any atom is 0.232 e. The van der Waals surface area contributed by atoms with Gasteiger partial charge in [-0.1, -0.05) is 29.8 Å². The minimum absolute atomic E-state index is 0.202. The molecule has 0 saturated carbocycles. The van der Waals surface area contributed by atoms with Gasteiger partial charge < -0.3 is 11.1 Å². The number of benzene rings is 2. The monoisotopic (exact) mass is 391 g/mol. The molecule has 0 spiro atoms. The van der Waals surface area contributed by atoms with Crippen molar-refractivity contribution in [3.8, 4) is 0 Å². The van der Waals surface area contributed by atoms with Gasteiger partial charge in [0.2, 0.25) is 11.9 Å². The highest BCUT2D eigenvalue weighted by molar-refractivity contribution is 7.18. The zero-order valence-corrected chi connectivity index (χ0v) is 16.6. The molecular formula is C20H21N7S. The highest BCUT2D eigenvalue weighted by atomic mass is 32.1. The van der Waals surface area contributed by atoms with E-state index >= 15 is 0 Å². The average Bonchev–Trinajstić information content (AvgIpc) is 3.05. The fourth-order valence-electron chi connectivity index (χ4n) is 2.85. The maximum absolute atomic E-state index is 5.89. The summed E-state index contributed by atoms with van der Waals surface area (Å²) in [4.78, 5) is 19.8. The summed E-state index contributed by atoms with van der Waals surface area (Å²) in [7, 11) is 2.01. The Bertz CT molecular complexity index is 1060. The van der Waals surface area contributed by atoms with E-state index in [1.165, 1.54) is 10.3 Å². The molecule has 8 heteroatoms. The van der Waals surface area contributed by atoms with Crippen molar-refractivity contribution in [2.75, 3.05) is 18.1 Å². The Morgan fingerprint density at radius 2 is 1.75 bits per heavy atom. The van der Waals surface area contributed by atoms with Gasteiger partial charge >= 0.3 is 0 Å². The van der Waals surface area contributed by atoms with Crippen molar-refractivity contribution >= 4 is 39.1 Å². The van der Waals surface area contributed by atoms with Gasteiger partial charge in [-0.2, -0.15) is 15.0 Å². The number of hydrogen-bond donors (Lipinski definition) is 2. The Morgan fingerprint density at radius 3 is 2.54 bits per heavy atom. The van der Waals surface area contributed by atoms with Gasteiger partial charge in [0, 0.05) is 5.69 Å². The number of thiazole rings is 1. The number of nitrogens with zero attached hydrogens (tertiary/aromatic N) is 5. The molecule has 4 aromatic rings. The second kappa shape index (κ2) is 7.87. The number of anilines is 3. The molecule has 2 aromatic carbocycles. The molecule has 0 saturated heterocycles. The Hall–Kier alpha value is -3.10. The molecule has 0 bridgehead atoms. The largest absolute Gasteiger partial charge is 0.368 e. The molecule has 0 radical (unpaired) electrons. The van der Waals surface area contributed by atoms with E-state index in [0.29, 0.717) is 24.9 Å². The number of nitrogens with two attached hydrogens (primary N) is 1. The second-order valence-electron chi connectivity index (χ2n) is 6.67. The van der Waals surface area contributed by atoms with Gasteiger partial charge in [0.1, 0.15) is 10.8 Å². The number of nitrogens with one attached hydrogen (secondary N) is 1. The highest BCUT2D eigenvalue weighted by Crippen LogP contribution is 2.22. The van der Waals surface area contributed by atoms with Gasteiger partial charge in [0.05, 0.1) is 23.3 Å². The van der Waals surface area contributed by atoms with Crippen molar-refractivity contribution in [2.24, 2.45) is 0 Å². The number of aryl methyl sites for hydroxylation is 1. The van der Waals surface area contributed by atoms with Crippen LogP contribution in [-0.2, 0) is 13.1 Å². The Labute approximate surface area is 167 Å². The quantitative estimate of drug-likeness (QED) is 0.517. The van der Waals surface area contributed by atoms with Gasteiger partial charge in [0.25, 0.3) is 0 Å². The second-order valence-corrected chi connectivity index (χ2v) is 7.79. The van der Waals surface area contributed by atoms with Crippen molar-refractivity contribution in [3.05, 3.63) is 64.9 Å². The molecule has 4 rings (SSSR count). The fraction of sp³-hybridized carbons (Fsp3) is 0.200. The van der Waals surface area contributed by atoms with E-state index in [9.17, 15) is 0 Å². The summed E-state index contributed by atoms with van der Waals surface area (Å²) in [5.41, 5.74) is 9.02. The molecule has 7 nitrogen and oxygen atoms in total. The summed E-state index contributed by atoms with van der Waals surface area (Å²) in [6, 6.07) is 16.2. The normalized spacial score (nSPS) is 11.2. The summed E-state index contributed by atoms with van der Waals surface area (Å²) in [5.74, 6) is 1.26. The van der Waals surface area contributed by atoms with E-state index in [1.807, 2.05) is 56.4 Å². The molecule has 2 aromatic heterocycles. The molecule has 0 amide bonds. The number of nitrogen functional groups attached to an aromatic ring is 1. The summed E-state index contributed by atoms with van der Waals surface area (Å²) in [6.45, 7) is 3.31. The number of hydrogen-bond acceptors (Lipinski definition) is 8.